The van der Waals surface area contributed by atoms with Crippen molar-refractivity contribution in [1.29, 1.82) is 0 Å². The van der Waals surface area contributed by atoms with Gasteiger partial charge in [-0.15, -0.1) is 0 Å². The van der Waals surface area contributed by atoms with Gasteiger partial charge in [0.1, 0.15) is 17.8 Å². The van der Waals surface area contributed by atoms with Crippen molar-refractivity contribution >= 4 is 17.2 Å². The molecule has 2 aromatic heterocycles. The Morgan fingerprint density at radius 2 is 1.86 bits per heavy atom. The van der Waals surface area contributed by atoms with E-state index in [4.69, 9.17) is 10.5 Å². The van der Waals surface area contributed by atoms with Crippen LogP contribution >= 0.6 is 0 Å². The van der Waals surface area contributed by atoms with Crippen molar-refractivity contribution in [2.45, 2.75) is 0 Å². The maximum absolute atomic E-state index is 6.05. The summed E-state index contributed by atoms with van der Waals surface area (Å²) in [6.45, 7) is 0. The molecule has 0 amide bonds. The molecule has 0 radical (unpaired) electrons. The summed E-state index contributed by atoms with van der Waals surface area (Å²) in [6.07, 6.45) is 4.65. The largest absolute Gasteiger partial charge is 0.435 e. The highest BCUT2D eigenvalue weighted by molar-refractivity contribution is 5.72. The number of nitrogen functional groups attached to an aromatic ring is 1. The molecular weight excluding hydrogens is 266 g/mol. The molecule has 0 atom stereocenters. The third kappa shape index (κ3) is 3.06. The van der Waals surface area contributed by atoms with E-state index < -0.39 is 0 Å². The Bertz CT molecular complexity index is 659. The molecular formula is C15H13N5O. The Morgan fingerprint density at radius 1 is 1.00 bits per heavy atom. The topological polar surface area (TPSA) is 86.0 Å². The third-order valence-electron chi connectivity index (χ3n) is 2.73. The molecule has 0 spiro atoms. The Balaban J connectivity index is 1.85. The molecule has 0 unspecified atom stereocenters. The van der Waals surface area contributed by atoms with Crippen LogP contribution in [0.25, 0.3) is 0 Å². The number of benzene rings is 1. The molecule has 2 heterocycles. The Kier molecular flexibility index (Phi) is 3.60. The van der Waals surface area contributed by atoms with Crippen LogP contribution in [0.4, 0.5) is 17.2 Å². The van der Waals surface area contributed by atoms with Crippen LogP contribution < -0.4 is 15.8 Å². The van der Waals surface area contributed by atoms with E-state index in [1.165, 1.54) is 6.33 Å². The smallest absolute Gasteiger partial charge is 0.248 e. The molecule has 6 heteroatoms. The van der Waals surface area contributed by atoms with Crippen molar-refractivity contribution in [2.24, 2.45) is 0 Å². The van der Waals surface area contributed by atoms with E-state index in [1.807, 2.05) is 30.3 Å². The molecule has 0 bridgehead atoms. The minimum Gasteiger partial charge on any atom is -0.435 e. The summed E-state index contributed by atoms with van der Waals surface area (Å²) >= 11 is 0. The number of nitrogens with one attached hydrogen (secondary N) is 1. The number of ether oxygens (including phenoxy) is 1. The molecule has 3 aromatic rings. The molecule has 0 fully saturated rings. The molecule has 1 aromatic carbocycles. The molecule has 3 N–H and O–H groups in total. The predicted molar refractivity (Wildman–Crippen MR) is 80.5 cm³/mol. The van der Waals surface area contributed by atoms with Crippen molar-refractivity contribution in [2.75, 3.05) is 11.1 Å². The van der Waals surface area contributed by atoms with E-state index in [0.29, 0.717) is 17.3 Å². The first-order valence-electron chi connectivity index (χ1n) is 6.33. The van der Waals surface area contributed by atoms with Gasteiger partial charge in [-0.3, -0.25) is 4.98 Å². The molecule has 0 aliphatic heterocycles. The quantitative estimate of drug-likeness (QED) is 0.763. The Hall–Kier alpha value is -3.15. The lowest BCUT2D eigenvalue weighted by Gasteiger charge is -2.11. The number of pyridine rings is 1. The Morgan fingerprint density at radius 3 is 2.62 bits per heavy atom. The van der Waals surface area contributed by atoms with Crippen LogP contribution in [-0.4, -0.2) is 15.0 Å². The number of nitrogens with two attached hydrogens (primary N) is 1. The van der Waals surface area contributed by atoms with Crippen LogP contribution in [0.3, 0.4) is 0 Å². The van der Waals surface area contributed by atoms with E-state index >= 15 is 0 Å². The maximum Gasteiger partial charge on any atom is 0.248 e. The summed E-state index contributed by atoms with van der Waals surface area (Å²) in [5.41, 5.74) is 7.27. The highest BCUT2D eigenvalue weighted by Gasteiger charge is 2.10. The molecule has 6 nitrogen and oxygen atoms in total. The standard InChI is InChI=1S/C15H13N5O/c16-13-14(20-11-5-2-1-3-6-11)18-10-19-15(13)21-12-7-4-8-17-9-12/h1-10H,16H2,(H,18,19,20). The molecule has 21 heavy (non-hydrogen) atoms. The fraction of sp³-hybridized carbons (Fsp3) is 0. The molecule has 0 aliphatic carbocycles. The van der Waals surface area contributed by atoms with Crippen LogP contribution in [-0.2, 0) is 0 Å². The minimum absolute atomic E-state index is 0.288. The zero-order valence-corrected chi connectivity index (χ0v) is 11.1. The number of hydrogen-bond acceptors (Lipinski definition) is 6. The Labute approximate surface area is 121 Å². The maximum atomic E-state index is 6.05. The van der Waals surface area contributed by atoms with Gasteiger partial charge in [-0.1, -0.05) is 18.2 Å². The van der Waals surface area contributed by atoms with Crippen molar-refractivity contribution in [1.82, 2.24) is 15.0 Å². The van der Waals surface area contributed by atoms with E-state index in [1.54, 1.807) is 24.5 Å². The van der Waals surface area contributed by atoms with Crippen LogP contribution in [0.2, 0.25) is 0 Å². The average molecular weight is 279 g/mol. The van der Waals surface area contributed by atoms with E-state index in [9.17, 15) is 0 Å². The lowest BCUT2D eigenvalue weighted by Crippen LogP contribution is -2.03. The number of para-hydroxylation sites is 1. The number of aromatic nitrogens is 3. The van der Waals surface area contributed by atoms with Gasteiger partial charge in [0.2, 0.25) is 5.88 Å². The van der Waals surface area contributed by atoms with Gasteiger partial charge in [0, 0.05) is 11.9 Å². The predicted octanol–water partition coefficient (Wildman–Crippen LogP) is 2.99. The van der Waals surface area contributed by atoms with Gasteiger partial charge in [0.15, 0.2) is 5.82 Å². The van der Waals surface area contributed by atoms with Gasteiger partial charge < -0.3 is 15.8 Å². The summed E-state index contributed by atoms with van der Waals surface area (Å²) in [7, 11) is 0. The van der Waals surface area contributed by atoms with Crippen LogP contribution in [0.15, 0.2) is 61.2 Å². The van der Waals surface area contributed by atoms with Crippen molar-refractivity contribution in [3.05, 3.63) is 61.2 Å². The van der Waals surface area contributed by atoms with E-state index in [-0.39, 0.29) is 5.88 Å². The summed E-state index contributed by atoms with van der Waals surface area (Å²) in [4.78, 5) is 12.2. The number of rotatable bonds is 4. The van der Waals surface area contributed by atoms with E-state index in [0.717, 1.165) is 5.69 Å². The first-order valence-corrected chi connectivity index (χ1v) is 6.33. The zero-order chi connectivity index (χ0) is 14.5. The van der Waals surface area contributed by atoms with Crippen LogP contribution in [0.1, 0.15) is 0 Å². The van der Waals surface area contributed by atoms with Crippen molar-refractivity contribution in [3.8, 4) is 11.6 Å². The van der Waals surface area contributed by atoms with Gasteiger partial charge >= 0.3 is 0 Å². The monoisotopic (exact) mass is 279 g/mol. The summed E-state index contributed by atoms with van der Waals surface area (Å²) in [6, 6.07) is 13.2. The van der Waals surface area contributed by atoms with Gasteiger partial charge in [0.05, 0.1) is 6.20 Å². The third-order valence-corrected chi connectivity index (χ3v) is 2.73. The van der Waals surface area contributed by atoms with Gasteiger partial charge in [-0.05, 0) is 24.3 Å². The second kappa shape index (κ2) is 5.87. The minimum atomic E-state index is 0.288. The highest BCUT2D eigenvalue weighted by atomic mass is 16.5. The fourth-order valence-electron chi connectivity index (χ4n) is 1.74. The molecule has 0 saturated carbocycles. The van der Waals surface area contributed by atoms with Gasteiger partial charge in [-0.2, -0.15) is 4.98 Å². The van der Waals surface area contributed by atoms with Crippen LogP contribution in [0.5, 0.6) is 11.6 Å². The highest BCUT2D eigenvalue weighted by Crippen LogP contribution is 2.30. The van der Waals surface area contributed by atoms with Gasteiger partial charge in [0.25, 0.3) is 0 Å². The lowest BCUT2D eigenvalue weighted by molar-refractivity contribution is 0.462. The van der Waals surface area contributed by atoms with Gasteiger partial charge in [-0.25, -0.2) is 4.98 Å². The van der Waals surface area contributed by atoms with Crippen molar-refractivity contribution in [3.63, 3.8) is 0 Å². The summed E-state index contributed by atoms with van der Waals surface area (Å²) < 4.78 is 5.61. The lowest BCUT2D eigenvalue weighted by atomic mass is 10.3. The SMILES string of the molecule is Nc1c(Nc2ccccc2)ncnc1Oc1cccnc1. The van der Waals surface area contributed by atoms with Crippen LogP contribution in [0, 0.1) is 0 Å². The normalized spacial score (nSPS) is 10.1. The fourth-order valence-corrected chi connectivity index (χ4v) is 1.74. The average Bonchev–Trinajstić information content (AvgIpc) is 2.53. The summed E-state index contributed by atoms with van der Waals surface area (Å²) in [5.74, 6) is 1.35. The number of anilines is 3. The first-order chi connectivity index (χ1) is 10.3. The first kappa shape index (κ1) is 12.9. The molecule has 3 rings (SSSR count). The van der Waals surface area contributed by atoms with E-state index in [2.05, 4.69) is 20.3 Å². The molecule has 0 aliphatic rings. The zero-order valence-electron chi connectivity index (χ0n) is 11.1. The molecule has 104 valence electrons. The second-order valence-corrected chi connectivity index (χ2v) is 4.22. The number of nitrogens with zero attached hydrogens (tertiary/aromatic N) is 3. The number of hydrogen-bond donors (Lipinski definition) is 2. The second-order valence-electron chi connectivity index (χ2n) is 4.22. The van der Waals surface area contributed by atoms with Crippen molar-refractivity contribution < 1.29 is 4.74 Å². The molecule has 0 saturated heterocycles. The summed E-state index contributed by atoms with van der Waals surface area (Å²) in [5, 5.41) is 3.13.